The van der Waals surface area contributed by atoms with Crippen LogP contribution < -0.4 is 28.5 Å². The fourth-order valence-electron chi connectivity index (χ4n) is 0.857. The van der Waals surface area contributed by atoms with Gasteiger partial charge in [0.1, 0.15) is 0 Å². The number of pyridine rings is 1. The highest BCUT2D eigenvalue weighted by Gasteiger charge is 2.02. The van der Waals surface area contributed by atoms with Crippen molar-refractivity contribution in [3.8, 4) is 0 Å². The van der Waals surface area contributed by atoms with Gasteiger partial charge in [0, 0.05) is 12.1 Å². The molecule has 0 fully saturated rings. The highest BCUT2D eigenvalue weighted by atomic mass is 127. The number of rotatable bonds is 1. The molecule has 2 heteroatoms. The average molecular weight is 263 g/mol. The molecule has 0 spiro atoms. The maximum atomic E-state index is 2.19. The zero-order chi connectivity index (χ0) is 7.56. The Morgan fingerprint density at radius 1 is 1.18 bits per heavy atom. The first-order chi connectivity index (χ1) is 4.70. The Hall–Kier alpha value is -0.120. The Kier molecular flexibility index (Phi) is 4.65. The van der Waals surface area contributed by atoms with Gasteiger partial charge in [-0.3, -0.25) is 0 Å². The van der Waals surface area contributed by atoms with E-state index < -0.39 is 0 Å². The maximum absolute atomic E-state index is 2.19. The molecular formula is C9H14IN. The molecule has 0 saturated heterocycles. The summed E-state index contributed by atoms with van der Waals surface area (Å²) in [6.07, 6.45) is 4.22. The van der Waals surface area contributed by atoms with Gasteiger partial charge in [-0.2, -0.15) is 0 Å². The summed E-state index contributed by atoms with van der Waals surface area (Å²) in [5, 5.41) is 0. The van der Waals surface area contributed by atoms with E-state index in [-0.39, 0.29) is 24.0 Å². The largest absolute Gasteiger partial charge is 1.00 e. The van der Waals surface area contributed by atoms with Crippen molar-refractivity contribution in [3.05, 3.63) is 30.1 Å². The Labute approximate surface area is 85.5 Å². The van der Waals surface area contributed by atoms with Gasteiger partial charge < -0.3 is 24.0 Å². The topological polar surface area (TPSA) is 3.88 Å². The van der Waals surface area contributed by atoms with Crippen molar-refractivity contribution in [1.29, 1.82) is 0 Å². The second kappa shape index (κ2) is 4.70. The highest BCUT2D eigenvalue weighted by Crippen LogP contribution is 1.94. The summed E-state index contributed by atoms with van der Waals surface area (Å²) in [4.78, 5) is 0. The van der Waals surface area contributed by atoms with Crippen LogP contribution in [0.1, 0.15) is 25.5 Å². The predicted octanol–water partition coefficient (Wildman–Crippen LogP) is -1.13. The van der Waals surface area contributed by atoms with Crippen molar-refractivity contribution < 1.29 is 28.5 Å². The molecule has 0 saturated carbocycles. The van der Waals surface area contributed by atoms with Crippen molar-refractivity contribution in [2.75, 3.05) is 0 Å². The molecule has 11 heavy (non-hydrogen) atoms. The van der Waals surface area contributed by atoms with Crippen LogP contribution in [-0.4, -0.2) is 0 Å². The third-order valence-corrected chi connectivity index (χ3v) is 1.62. The summed E-state index contributed by atoms with van der Waals surface area (Å²) >= 11 is 0. The maximum Gasteiger partial charge on any atom is 0.169 e. The first-order valence-corrected chi connectivity index (χ1v) is 3.67. The van der Waals surface area contributed by atoms with E-state index in [0.717, 1.165) is 0 Å². The molecule has 0 aliphatic heterocycles. The van der Waals surface area contributed by atoms with Gasteiger partial charge in [-0.15, -0.1) is 0 Å². The number of hydrogen-bond acceptors (Lipinski definition) is 0. The molecule has 1 nitrogen and oxygen atoms in total. The highest BCUT2D eigenvalue weighted by molar-refractivity contribution is 5.03. The minimum atomic E-state index is 0. The molecule has 1 aromatic heterocycles. The molecule has 0 aromatic carbocycles. The summed E-state index contributed by atoms with van der Waals surface area (Å²) in [5.74, 6) is 0. The second-order valence-corrected chi connectivity index (χ2v) is 2.92. The second-order valence-electron chi connectivity index (χ2n) is 2.92. The average Bonchev–Trinajstić information content (AvgIpc) is 1.88. The fraction of sp³-hybridized carbons (Fsp3) is 0.444. The van der Waals surface area contributed by atoms with Crippen LogP contribution in [0.15, 0.2) is 24.5 Å². The van der Waals surface area contributed by atoms with Crippen molar-refractivity contribution in [1.82, 2.24) is 0 Å². The molecule has 62 valence electrons. The molecule has 0 N–H and O–H groups in total. The SMILES string of the molecule is Cc1cc[n+](C(C)C)cc1.[I-]. The van der Waals surface area contributed by atoms with E-state index in [1.165, 1.54) is 5.56 Å². The first-order valence-electron chi connectivity index (χ1n) is 3.67. The number of aromatic nitrogens is 1. The smallest absolute Gasteiger partial charge is 0.169 e. The van der Waals surface area contributed by atoms with Crippen LogP contribution in [0.2, 0.25) is 0 Å². The van der Waals surface area contributed by atoms with Crippen LogP contribution in [0.3, 0.4) is 0 Å². The van der Waals surface area contributed by atoms with Gasteiger partial charge >= 0.3 is 0 Å². The zero-order valence-corrected chi connectivity index (χ0v) is 9.37. The van der Waals surface area contributed by atoms with E-state index >= 15 is 0 Å². The molecule has 0 radical (unpaired) electrons. The Bertz CT molecular complexity index is 203. The Morgan fingerprint density at radius 3 is 2.00 bits per heavy atom. The van der Waals surface area contributed by atoms with Crippen molar-refractivity contribution in [2.45, 2.75) is 26.8 Å². The Balaban J connectivity index is 0.000001000. The normalized spacial score (nSPS) is 9.45. The molecule has 0 bridgehead atoms. The quantitative estimate of drug-likeness (QED) is 0.446. The lowest BCUT2D eigenvalue weighted by Gasteiger charge is -1.98. The van der Waals surface area contributed by atoms with Gasteiger partial charge in [0.05, 0.1) is 0 Å². The fourth-order valence-corrected chi connectivity index (χ4v) is 0.857. The van der Waals surface area contributed by atoms with Gasteiger partial charge in [0.2, 0.25) is 0 Å². The van der Waals surface area contributed by atoms with Crippen molar-refractivity contribution >= 4 is 0 Å². The van der Waals surface area contributed by atoms with Crippen molar-refractivity contribution in [3.63, 3.8) is 0 Å². The van der Waals surface area contributed by atoms with E-state index in [0.29, 0.717) is 6.04 Å². The standard InChI is InChI=1S/C9H14N.HI/c1-8(2)10-6-4-9(3)5-7-10;/h4-8H,1-3H3;1H/q+1;/p-1. The number of hydrogen-bond donors (Lipinski definition) is 0. The van der Waals surface area contributed by atoms with E-state index in [4.69, 9.17) is 0 Å². The Morgan fingerprint density at radius 2 is 1.64 bits per heavy atom. The third kappa shape index (κ3) is 3.18. The van der Waals surface area contributed by atoms with Gasteiger partial charge in [-0.05, 0) is 26.3 Å². The lowest BCUT2D eigenvalue weighted by atomic mass is 10.3. The molecule has 0 atom stereocenters. The first kappa shape index (κ1) is 10.9. The predicted molar refractivity (Wildman–Crippen MR) is 41.8 cm³/mol. The lowest BCUT2D eigenvalue weighted by Crippen LogP contribution is -3.00. The van der Waals surface area contributed by atoms with Gasteiger partial charge in [-0.1, -0.05) is 0 Å². The van der Waals surface area contributed by atoms with Crippen LogP contribution in [0, 0.1) is 6.92 Å². The molecule has 0 aliphatic carbocycles. The number of nitrogens with zero attached hydrogens (tertiary/aromatic N) is 1. The zero-order valence-electron chi connectivity index (χ0n) is 7.21. The molecule has 0 amide bonds. The van der Waals surface area contributed by atoms with Crippen LogP contribution in [0.25, 0.3) is 0 Å². The minimum absolute atomic E-state index is 0. The molecule has 0 aliphatic rings. The molecule has 1 rings (SSSR count). The lowest BCUT2D eigenvalue weighted by molar-refractivity contribution is -0.716. The van der Waals surface area contributed by atoms with Crippen LogP contribution in [0.4, 0.5) is 0 Å². The number of halogens is 1. The van der Waals surface area contributed by atoms with E-state index in [1.807, 2.05) is 0 Å². The molecule has 1 aromatic rings. The van der Waals surface area contributed by atoms with Gasteiger partial charge in [-0.25, -0.2) is 4.57 Å². The van der Waals surface area contributed by atoms with Crippen LogP contribution >= 0.6 is 0 Å². The minimum Gasteiger partial charge on any atom is -1.00 e. The molecule has 0 unspecified atom stereocenters. The molecular weight excluding hydrogens is 249 g/mol. The van der Waals surface area contributed by atoms with E-state index in [1.54, 1.807) is 0 Å². The summed E-state index contributed by atoms with van der Waals surface area (Å²) in [6.45, 7) is 6.45. The van der Waals surface area contributed by atoms with Crippen molar-refractivity contribution in [2.24, 2.45) is 0 Å². The third-order valence-electron chi connectivity index (χ3n) is 1.62. The van der Waals surface area contributed by atoms with Crippen LogP contribution in [-0.2, 0) is 0 Å². The number of aryl methyl sites for hydroxylation is 1. The van der Waals surface area contributed by atoms with Crippen LogP contribution in [0.5, 0.6) is 0 Å². The van der Waals surface area contributed by atoms with Gasteiger partial charge in [0.25, 0.3) is 0 Å². The molecule has 1 heterocycles. The van der Waals surface area contributed by atoms with Gasteiger partial charge in [0.15, 0.2) is 18.4 Å². The summed E-state index contributed by atoms with van der Waals surface area (Å²) in [6, 6.07) is 4.82. The summed E-state index contributed by atoms with van der Waals surface area (Å²) in [5.41, 5.74) is 1.32. The monoisotopic (exact) mass is 263 g/mol. The summed E-state index contributed by atoms with van der Waals surface area (Å²) in [7, 11) is 0. The van der Waals surface area contributed by atoms with E-state index in [2.05, 4.69) is 49.9 Å². The summed E-state index contributed by atoms with van der Waals surface area (Å²) < 4.78 is 2.19. The van der Waals surface area contributed by atoms with E-state index in [9.17, 15) is 0 Å².